The zero-order chi connectivity index (χ0) is 16.7. The first-order chi connectivity index (χ1) is 10.5. The van der Waals surface area contributed by atoms with Crippen LogP contribution in [-0.4, -0.2) is 49.4 Å². The average molecular weight is 312 g/mol. The van der Waals surface area contributed by atoms with E-state index in [0.29, 0.717) is 6.61 Å². The molecule has 124 valence electrons. The summed E-state index contributed by atoms with van der Waals surface area (Å²) >= 11 is 0. The third kappa shape index (κ3) is 4.32. The van der Waals surface area contributed by atoms with Gasteiger partial charge in [0, 0.05) is 12.8 Å². The molecule has 0 fully saturated rings. The minimum absolute atomic E-state index is 0.0615. The Labute approximate surface area is 130 Å². The summed E-state index contributed by atoms with van der Waals surface area (Å²) in [5.41, 5.74) is 6.24. The summed E-state index contributed by atoms with van der Waals surface area (Å²) in [4.78, 5) is 25.4. The maximum absolute atomic E-state index is 12.0. The molecular weight excluding hydrogens is 288 g/mol. The predicted octanol–water partition coefficient (Wildman–Crippen LogP) is 0.762. The summed E-state index contributed by atoms with van der Waals surface area (Å²) in [6, 6.07) is -1.05. The summed E-state index contributed by atoms with van der Waals surface area (Å²) < 4.78 is 15.3. The average Bonchev–Trinajstić information content (AvgIpc) is 2.51. The van der Waals surface area contributed by atoms with Gasteiger partial charge in [-0.15, -0.1) is 0 Å². The molecule has 0 bridgehead atoms. The Morgan fingerprint density at radius 3 is 2.59 bits per heavy atom. The topological polar surface area (TPSA) is 91.1 Å². The Morgan fingerprint density at radius 2 is 2.05 bits per heavy atom. The number of carbonyl (C=O) groups is 2. The van der Waals surface area contributed by atoms with E-state index in [1.165, 1.54) is 12.0 Å². The van der Waals surface area contributed by atoms with E-state index >= 15 is 0 Å². The number of nitrogens with two attached hydrogens (primary N) is 1. The van der Waals surface area contributed by atoms with E-state index in [2.05, 4.69) is 0 Å². The molecule has 7 heteroatoms. The summed E-state index contributed by atoms with van der Waals surface area (Å²) in [7, 11) is 1.30. The molecule has 0 saturated carbocycles. The quantitative estimate of drug-likeness (QED) is 0.694. The predicted molar refractivity (Wildman–Crippen MR) is 80.3 cm³/mol. The van der Waals surface area contributed by atoms with Crippen LogP contribution in [0.15, 0.2) is 24.0 Å². The highest BCUT2D eigenvalue weighted by atomic mass is 16.5. The Hall–Kier alpha value is -1.86. The van der Waals surface area contributed by atoms with Gasteiger partial charge in [-0.05, 0) is 25.8 Å². The largest absolute Gasteiger partial charge is 0.465 e. The number of allylic oxidation sites excluding steroid dienone is 2. The maximum atomic E-state index is 12.0. The minimum Gasteiger partial charge on any atom is -0.465 e. The van der Waals surface area contributed by atoms with Crippen LogP contribution in [-0.2, 0) is 23.8 Å². The van der Waals surface area contributed by atoms with Crippen molar-refractivity contribution < 1.29 is 23.8 Å². The Balaban J connectivity index is 3.07. The highest BCUT2D eigenvalue weighted by Gasteiger charge is 2.35. The Kier molecular flexibility index (Phi) is 7.07. The molecule has 0 amide bonds. The van der Waals surface area contributed by atoms with Crippen molar-refractivity contribution in [3.63, 3.8) is 0 Å². The third-order valence-corrected chi connectivity index (χ3v) is 3.12. The number of esters is 2. The lowest BCUT2D eigenvalue weighted by atomic mass is 10.1. The van der Waals surface area contributed by atoms with Crippen molar-refractivity contribution >= 4 is 11.9 Å². The number of ether oxygens (including phenoxy) is 3. The normalized spacial score (nSPS) is 20.1. The van der Waals surface area contributed by atoms with Crippen molar-refractivity contribution in [1.29, 1.82) is 0 Å². The third-order valence-electron chi connectivity index (χ3n) is 3.12. The first-order valence-corrected chi connectivity index (χ1v) is 7.26. The highest BCUT2D eigenvalue weighted by Crippen LogP contribution is 2.23. The lowest BCUT2D eigenvalue weighted by Gasteiger charge is -2.35. The van der Waals surface area contributed by atoms with Gasteiger partial charge in [0.2, 0.25) is 0 Å². The van der Waals surface area contributed by atoms with Crippen LogP contribution in [0, 0.1) is 5.92 Å². The molecule has 0 saturated heterocycles. The molecular formula is C15H24N2O5. The van der Waals surface area contributed by atoms with Gasteiger partial charge >= 0.3 is 11.9 Å². The van der Waals surface area contributed by atoms with Crippen LogP contribution in [0.5, 0.6) is 0 Å². The maximum Gasteiger partial charge on any atom is 0.354 e. The lowest BCUT2D eigenvalue weighted by molar-refractivity contribution is -0.154. The van der Waals surface area contributed by atoms with Gasteiger partial charge < -0.3 is 24.8 Å². The molecule has 1 rings (SSSR count). The molecule has 1 heterocycles. The van der Waals surface area contributed by atoms with Gasteiger partial charge in [0.15, 0.2) is 6.23 Å². The molecule has 3 atom stereocenters. The molecule has 0 aromatic heterocycles. The highest BCUT2D eigenvalue weighted by molar-refractivity contribution is 5.88. The Morgan fingerprint density at radius 1 is 1.36 bits per heavy atom. The van der Waals surface area contributed by atoms with Gasteiger partial charge in [-0.3, -0.25) is 4.79 Å². The van der Waals surface area contributed by atoms with Crippen LogP contribution in [0.4, 0.5) is 0 Å². The van der Waals surface area contributed by atoms with Crippen LogP contribution >= 0.6 is 0 Å². The van der Waals surface area contributed by atoms with Gasteiger partial charge in [-0.1, -0.05) is 13.0 Å². The van der Waals surface area contributed by atoms with Crippen molar-refractivity contribution in [2.75, 3.05) is 20.3 Å². The summed E-state index contributed by atoms with van der Waals surface area (Å²) in [5, 5.41) is 0. The van der Waals surface area contributed by atoms with Crippen LogP contribution < -0.4 is 5.73 Å². The summed E-state index contributed by atoms with van der Waals surface area (Å²) in [6.45, 7) is 5.95. The second-order valence-electron chi connectivity index (χ2n) is 4.78. The van der Waals surface area contributed by atoms with Gasteiger partial charge in [0.05, 0.1) is 13.7 Å². The molecule has 0 spiro atoms. The van der Waals surface area contributed by atoms with Crippen molar-refractivity contribution in [2.24, 2.45) is 11.7 Å². The summed E-state index contributed by atoms with van der Waals surface area (Å²) in [5.74, 6) is -1.04. The Bertz CT molecular complexity index is 461. The van der Waals surface area contributed by atoms with Gasteiger partial charge in [0.25, 0.3) is 0 Å². The molecule has 0 aliphatic carbocycles. The van der Waals surface area contributed by atoms with Crippen LogP contribution in [0.25, 0.3) is 0 Å². The second kappa shape index (κ2) is 8.55. The fourth-order valence-corrected chi connectivity index (χ4v) is 2.08. The van der Waals surface area contributed by atoms with Crippen LogP contribution in [0.1, 0.15) is 20.8 Å². The van der Waals surface area contributed by atoms with E-state index in [1.54, 1.807) is 26.1 Å². The molecule has 22 heavy (non-hydrogen) atoms. The van der Waals surface area contributed by atoms with Crippen LogP contribution in [0.2, 0.25) is 0 Å². The van der Waals surface area contributed by atoms with E-state index in [0.717, 1.165) is 0 Å². The zero-order valence-electron chi connectivity index (χ0n) is 13.4. The van der Waals surface area contributed by atoms with E-state index in [1.807, 2.05) is 13.0 Å². The second-order valence-corrected chi connectivity index (χ2v) is 4.78. The van der Waals surface area contributed by atoms with E-state index in [9.17, 15) is 9.59 Å². The molecule has 2 N–H and O–H groups in total. The SMILES string of the molecule is CCOC(=O)C(N)C(OCC)N1C=CC(C)C=C1C(=O)OC. The van der Waals surface area contributed by atoms with Crippen molar-refractivity contribution in [3.05, 3.63) is 24.0 Å². The standard InChI is InChI=1S/C15H24N2O5/c1-5-21-13(12(16)15(19)22-6-2)17-8-7-10(3)9-11(17)14(18)20-4/h7-10,12-13H,5-6,16H2,1-4H3. The molecule has 1 aliphatic rings. The van der Waals surface area contributed by atoms with E-state index in [-0.39, 0.29) is 18.2 Å². The molecule has 7 nitrogen and oxygen atoms in total. The fraction of sp³-hybridized carbons (Fsp3) is 0.600. The first kappa shape index (κ1) is 18.2. The lowest BCUT2D eigenvalue weighted by Crippen LogP contribution is -2.53. The first-order valence-electron chi connectivity index (χ1n) is 7.26. The monoisotopic (exact) mass is 312 g/mol. The van der Waals surface area contributed by atoms with Crippen LogP contribution in [0.3, 0.4) is 0 Å². The smallest absolute Gasteiger partial charge is 0.354 e. The number of rotatable bonds is 7. The van der Waals surface area contributed by atoms with E-state index in [4.69, 9.17) is 19.9 Å². The zero-order valence-corrected chi connectivity index (χ0v) is 13.4. The molecule has 1 aliphatic heterocycles. The summed E-state index contributed by atoms with van der Waals surface area (Å²) in [6.07, 6.45) is 4.43. The number of hydrogen-bond acceptors (Lipinski definition) is 7. The molecule has 0 aromatic carbocycles. The van der Waals surface area contributed by atoms with Crippen molar-refractivity contribution in [3.8, 4) is 0 Å². The van der Waals surface area contributed by atoms with Gasteiger partial charge in [-0.2, -0.15) is 0 Å². The number of methoxy groups -OCH3 is 1. The van der Waals surface area contributed by atoms with Gasteiger partial charge in [-0.25, -0.2) is 4.79 Å². The fourth-order valence-electron chi connectivity index (χ4n) is 2.08. The van der Waals surface area contributed by atoms with Gasteiger partial charge in [0.1, 0.15) is 11.7 Å². The number of nitrogens with zero attached hydrogens (tertiary/aromatic N) is 1. The minimum atomic E-state index is -1.05. The number of carbonyl (C=O) groups excluding carboxylic acids is 2. The van der Waals surface area contributed by atoms with Crippen molar-refractivity contribution in [1.82, 2.24) is 4.90 Å². The molecule has 0 aromatic rings. The number of hydrogen-bond donors (Lipinski definition) is 1. The van der Waals surface area contributed by atoms with E-state index < -0.39 is 24.2 Å². The molecule has 0 radical (unpaired) electrons. The van der Waals surface area contributed by atoms with Crippen molar-refractivity contribution in [2.45, 2.75) is 33.0 Å². The molecule has 3 unspecified atom stereocenters.